The lowest BCUT2D eigenvalue weighted by molar-refractivity contribution is 0.230. The van der Waals surface area contributed by atoms with Gasteiger partial charge in [0.15, 0.2) is 11.5 Å². The number of ether oxygens (including phenoxy) is 2. The number of fused-ring (bicyclic) bond motifs is 1. The second-order valence-corrected chi connectivity index (χ2v) is 7.64. The van der Waals surface area contributed by atoms with Gasteiger partial charge in [0.05, 0.1) is 18.7 Å². The molecule has 27 heavy (non-hydrogen) atoms. The molecular formula is C19H29N5O2S. The van der Waals surface area contributed by atoms with Crippen LogP contribution in [0.1, 0.15) is 33.1 Å². The average Bonchev–Trinajstić information content (AvgIpc) is 2.67. The summed E-state index contributed by atoms with van der Waals surface area (Å²) < 4.78 is 14.6. The van der Waals surface area contributed by atoms with Crippen LogP contribution in [0.4, 0.5) is 5.82 Å². The van der Waals surface area contributed by atoms with Crippen molar-refractivity contribution in [1.29, 1.82) is 0 Å². The van der Waals surface area contributed by atoms with Gasteiger partial charge in [0, 0.05) is 43.2 Å². The summed E-state index contributed by atoms with van der Waals surface area (Å²) >= 11 is 1.20. The zero-order valence-electron chi connectivity index (χ0n) is 16.3. The van der Waals surface area contributed by atoms with E-state index in [9.17, 15) is 0 Å². The lowest BCUT2D eigenvalue weighted by Gasteiger charge is -2.33. The number of hydrogen-bond acceptors (Lipinski definition) is 8. The van der Waals surface area contributed by atoms with Crippen LogP contribution < -0.4 is 24.2 Å². The molecule has 0 spiro atoms. The van der Waals surface area contributed by atoms with Crippen LogP contribution in [0.3, 0.4) is 0 Å². The van der Waals surface area contributed by atoms with Crippen molar-refractivity contribution in [2.45, 2.75) is 39.2 Å². The van der Waals surface area contributed by atoms with Crippen molar-refractivity contribution < 1.29 is 9.47 Å². The molecule has 1 aliphatic rings. The van der Waals surface area contributed by atoms with Crippen LogP contribution in [0.25, 0.3) is 10.9 Å². The predicted molar refractivity (Wildman–Crippen MR) is 111 cm³/mol. The minimum absolute atomic E-state index is 0.0699. The van der Waals surface area contributed by atoms with Crippen LogP contribution in [-0.4, -0.2) is 42.8 Å². The highest BCUT2D eigenvalue weighted by Gasteiger charge is 2.22. The van der Waals surface area contributed by atoms with E-state index in [4.69, 9.17) is 14.6 Å². The highest BCUT2D eigenvalue weighted by atomic mass is 32.2. The molecule has 1 aromatic heterocycles. The molecule has 8 heteroatoms. The number of rotatable bonds is 8. The highest BCUT2D eigenvalue weighted by molar-refractivity contribution is 7.95. The van der Waals surface area contributed by atoms with Gasteiger partial charge in [-0.05, 0) is 45.1 Å². The lowest BCUT2D eigenvalue weighted by atomic mass is 9.93. The number of hydrogen-bond donors (Lipinski definition) is 2. The molecule has 0 aliphatic carbocycles. The zero-order chi connectivity index (χ0) is 19.2. The van der Waals surface area contributed by atoms with Crippen molar-refractivity contribution in [2.75, 3.05) is 31.6 Å². The van der Waals surface area contributed by atoms with E-state index in [0.29, 0.717) is 5.75 Å². The maximum atomic E-state index is 5.94. The molecule has 3 rings (SSSR count). The molecule has 1 aromatic carbocycles. The monoisotopic (exact) mass is 391 g/mol. The van der Waals surface area contributed by atoms with Gasteiger partial charge < -0.3 is 14.4 Å². The fourth-order valence-electron chi connectivity index (χ4n) is 3.56. The van der Waals surface area contributed by atoms with Gasteiger partial charge in [-0.1, -0.05) is 0 Å². The molecular weight excluding hydrogens is 362 g/mol. The smallest absolute Gasteiger partial charge is 0.162 e. The van der Waals surface area contributed by atoms with Crippen molar-refractivity contribution in [1.82, 2.24) is 14.7 Å². The number of nitrogens with zero attached hydrogens (tertiary/aromatic N) is 3. The summed E-state index contributed by atoms with van der Waals surface area (Å²) in [6.45, 7) is 6.97. The standard InChI is InChI=1S/C19H29N5O2S/c1-13(2)26-18-10-15-16(11-17(18)25-3)21-12-22-19(15)24-8-5-14(6-9-24)4-7-23-27-20/h10-14,23H,4-9,20H2,1-3H3. The molecule has 148 valence electrons. The van der Waals surface area contributed by atoms with Gasteiger partial charge in [-0.3, -0.25) is 9.86 Å². The lowest BCUT2D eigenvalue weighted by Crippen LogP contribution is -2.35. The van der Waals surface area contributed by atoms with E-state index in [-0.39, 0.29) is 6.10 Å². The first-order chi connectivity index (χ1) is 13.1. The molecule has 1 aliphatic heterocycles. The molecule has 0 bridgehead atoms. The third-order valence-corrected chi connectivity index (χ3v) is 5.29. The fourth-order valence-corrected chi connectivity index (χ4v) is 3.80. The molecule has 0 radical (unpaired) electrons. The Kier molecular flexibility index (Phi) is 6.98. The van der Waals surface area contributed by atoms with Crippen LogP contribution in [0.5, 0.6) is 11.5 Å². The molecule has 2 aromatic rings. The van der Waals surface area contributed by atoms with E-state index >= 15 is 0 Å². The summed E-state index contributed by atoms with van der Waals surface area (Å²) in [6, 6.07) is 3.94. The first kappa shape index (κ1) is 20.0. The van der Waals surface area contributed by atoms with Gasteiger partial charge in [-0.2, -0.15) is 0 Å². The second-order valence-electron chi connectivity index (χ2n) is 7.12. The Bertz CT molecular complexity index is 750. The second kappa shape index (κ2) is 9.43. The van der Waals surface area contributed by atoms with Crippen molar-refractivity contribution in [3.05, 3.63) is 18.5 Å². The number of piperidine rings is 1. The maximum absolute atomic E-state index is 5.94. The number of benzene rings is 1. The Labute approximate surface area is 165 Å². The number of nitrogens with one attached hydrogen (secondary N) is 1. The quantitative estimate of drug-likeness (QED) is 0.524. The largest absolute Gasteiger partial charge is 0.493 e. The van der Waals surface area contributed by atoms with Crippen LogP contribution in [-0.2, 0) is 0 Å². The van der Waals surface area contributed by atoms with E-state index in [1.807, 2.05) is 26.0 Å². The maximum Gasteiger partial charge on any atom is 0.162 e. The minimum Gasteiger partial charge on any atom is -0.493 e. The third-order valence-electron chi connectivity index (χ3n) is 4.91. The molecule has 0 atom stereocenters. The highest BCUT2D eigenvalue weighted by Crippen LogP contribution is 2.36. The Morgan fingerprint density at radius 2 is 2.04 bits per heavy atom. The molecule has 1 fully saturated rings. The van der Waals surface area contributed by atoms with E-state index in [2.05, 4.69) is 19.6 Å². The SMILES string of the molecule is COc1cc2ncnc(N3CCC(CCNSN)CC3)c2cc1OC(C)C. The van der Waals surface area contributed by atoms with E-state index in [0.717, 1.165) is 67.3 Å². The van der Waals surface area contributed by atoms with Crippen LogP contribution in [0.2, 0.25) is 0 Å². The fraction of sp³-hybridized carbons (Fsp3) is 0.579. The van der Waals surface area contributed by atoms with Crippen LogP contribution >= 0.6 is 12.1 Å². The Morgan fingerprint density at radius 1 is 1.26 bits per heavy atom. The molecule has 7 nitrogen and oxygen atoms in total. The summed E-state index contributed by atoms with van der Waals surface area (Å²) in [5, 5.41) is 6.43. The van der Waals surface area contributed by atoms with E-state index in [1.54, 1.807) is 13.4 Å². The Morgan fingerprint density at radius 3 is 2.70 bits per heavy atom. The molecule has 3 N–H and O–H groups in total. The zero-order valence-corrected chi connectivity index (χ0v) is 17.1. The first-order valence-corrected chi connectivity index (χ1v) is 10.3. The number of anilines is 1. The predicted octanol–water partition coefficient (Wildman–Crippen LogP) is 3.14. The molecule has 0 saturated carbocycles. The molecule has 0 unspecified atom stereocenters. The van der Waals surface area contributed by atoms with Gasteiger partial charge in [-0.15, -0.1) is 0 Å². The van der Waals surface area contributed by atoms with Gasteiger partial charge in [-0.25, -0.2) is 9.97 Å². The third kappa shape index (κ3) is 4.94. The summed E-state index contributed by atoms with van der Waals surface area (Å²) in [6.07, 6.45) is 5.18. The Hall–Kier alpha value is -1.77. The minimum atomic E-state index is 0.0699. The van der Waals surface area contributed by atoms with Crippen molar-refractivity contribution in [3.8, 4) is 11.5 Å². The van der Waals surface area contributed by atoms with Crippen LogP contribution in [0.15, 0.2) is 18.5 Å². The Balaban J connectivity index is 1.80. The van der Waals surface area contributed by atoms with E-state index in [1.165, 1.54) is 12.1 Å². The van der Waals surface area contributed by atoms with Gasteiger partial charge in [0.2, 0.25) is 0 Å². The average molecular weight is 392 g/mol. The molecule has 0 amide bonds. The summed E-state index contributed by atoms with van der Waals surface area (Å²) in [4.78, 5) is 11.4. The summed E-state index contributed by atoms with van der Waals surface area (Å²) in [5.74, 6) is 3.14. The number of methoxy groups -OCH3 is 1. The first-order valence-electron chi connectivity index (χ1n) is 9.45. The summed E-state index contributed by atoms with van der Waals surface area (Å²) in [5.41, 5.74) is 0.874. The van der Waals surface area contributed by atoms with Crippen LogP contribution in [0, 0.1) is 5.92 Å². The van der Waals surface area contributed by atoms with Gasteiger partial charge >= 0.3 is 0 Å². The number of aromatic nitrogens is 2. The van der Waals surface area contributed by atoms with Crippen molar-refractivity contribution in [2.24, 2.45) is 11.1 Å². The van der Waals surface area contributed by atoms with E-state index < -0.39 is 0 Å². The van der Waals surface area contributed by atoms with Gasteiger partial charge in [0.25, 0.3) is 0 Å². The molecule has 1 saturated heterocycles. The summed E-state index contributed by atoms with van der Waals surface area (Å²) in [7, 11) is 1.65. The number of nitrogens with two attached hydrogens (primary N) is 1. The van der Waals surface area contributed by atoms with Crippen molar-refractivity contribution in [3.63, 3.8) is 0 Å². The van der Waals surface area contributed by atoms with Gasteiger partial charge in [0.1, 0.15) is 12.1 Å². The van der Waals surface area contributed by atoms with Crippen molar-refractivity contribution >= 4 is 28.9 Å². The normalized spacial score (nSPS) is 15.5. The molecule has 2 heterocycles. The topological polar surface area (TPSA) is 85.5 Å².